The maximum atomic E-state index is 14.0. The maximum Gasteiger partial charge on any atom is 0.303 e. The summed E-state index contributed by atoms with van der Waals surface area (Å²) in [6.45, 7) is 2.24. The minimum atomic E-state index is -1.80. The SMILES string of the molecule is CC(=O)O[C@@H](C(=O)NCc1ccncc1)[C@@H](OC(C)=O)C(=O)N1Cc2ccccc2Oc2ccc(Cl)cc21. The number of rotatable bonds is 7. The number of benzene rings is 2. The number of anilines is 1. The van der Waals surface area contributed by atoms with Crippen molar-refractivity contribution in [2.24, 2.45) is 0 Å². The monoisotopic (exact) mass is 537 g/mol. The van der Waals surface area contributed by atoms with Crippen LogP contribution in [0.3, 0.4) is 0 Å². The van der Waals surface area contributed by atoms with E-state index in [0.29, 0.717) is 22.1 Å². The number of carbonyl (C=O) groups is 4. The molecule has 2 heterocycles. The van der Waals surface area contributed by atoms with Crippen molar-refractivity contribution in [2.45, 2.75) is 39.1 Å². The Morgan fingerprint density at radius 1 is 0.974 bits per heavy atom. The van der Waals surface area contributed by atoms with Crippen molar-refractivity contribution in [1.29, 1.82) is 0 Å². The highest BCUT2D eigenvalue weighted by atomic mass is 35.5. The zero-order chi connectivity index (χ0) is 27.2. The van der Waals surface area contributed by atoms with Gasteiger partial charge in [-0.1, -0.05) is 29.8 Å². The molecule has 10 nitrogen and oxygen atoms in total. The molecule has 2 amide bonds. The van der Waals surface area contributed by atoms with Crippen molar-refractivity contribution >= 4 is 41.0 Å². The summed E-state index contributed by atoms with van der Waals surface area (Å²) in [4.78, 5) is 56.5. The molecule has 0 spiro atoms. The summed E-state index contributed by atoms with van der Waals surface area (Å²) in [5.74, 6) is -2.49. The van der Waals surface area contributed by atoms with Crippen molar-refractivity contribution < 1.29 is 33.4 Å². The molecule has 1 aromatic heterocycles. The number of para-hydroxylation sites is 1. The summed E-state index contributed by atoms with van der Waals surface area (Å²) in [6.07, 6.45) is -0.463. The molecule has 0 aliphatic carbocycles. The lowest BCUT2D eigenvalue weighted by atomic mass is 10.1. The van der Waals surface area contributed by atoms with Crippen LogP contribution in [0.1, 0.15) is 25.0 Å². The predicted octanol–water partition coefficient (Wildman–Crippen LogP) is 3.55. The molecule has 0 saturated heterocycles. The Morgan fingerprint density at radius 2 is 1.66 bits per heavy atom. The predicted molar refractivity (Wildman–Crippen MR) is 136 cm³/mol. The molecular formula is C27H24ClN3O7. The minimum absolute atomic E-state index is 0.00550. The largest absolute Gasteiger partial charge is 0.455 e. The van der Waals surface area contributed by atoms with Crippen LogP contribution in [0.2, 0.25) is 5.02 Å². The summed E-state index contributed by atoms with van der Waals surface area (Å²) < 4.78 is 16.6. The van der Waals surface area contributed by atoms with E-state index < -0.39 is 36.0 Å². The lowest BCUT2D eigenvalue weighted by Gasteiger charge is -2.30. The summed E-state index contributed by atoms with van der Waals surface area (Å²) in [5.41, 5.74) is 1.66. The third-order valence-electron chi connectivity index (χ3n) is 5.58. The number of amides is 2. The fourth-order valence-corrected chi connectivity index (χ4v) is 4.05. The summed E-state index contributed by atoms with van der Waals surface area (Å²) in [5, 5.41) is 2.95. The van der Waals surface area contributed by atoms with Gasteiger partial charge in [-0.2, -0.15) is 0 Å². The third kappa shape index (κ3) is 6.27. The first-order valence-electron chi connectivity index (χ1n) is 11.6. The molecule has 196 valence electrons. The van der Waals surface area contributed by atoms with E-state index in [1.54, 1.807) is 60.9 Å². The first-order chi connectivity index (χ1) is 18.2. The number of aromatic nitrogens is 1. The molecule has 0 fully saturated rings. The van der Waals surface area contributed by atoms with Gasteiger partial charge in [0.05, 0.1) is 12.2 Å². The highest BCUT2D eigenvalue weighted by Crippen LogP contribution is 2.40. The number of hydrogen-bond donors (Lipinski definition) is 1. The molecule has 3 aromatic rings. The third-order valence-corrected chi connectivity index (χ3v) is 5.81. The van der Waals surface area contributed by atoms with E-state index in [1.807, 2.05) is 0 Å². The Morgan fingerprint density at radius 3 is 2.37 bits per heavy atom. The Balaban J connectivity index is 1.71. The lowest BCUT2D eigenvalue weighted by molar-refractivity contribution is -0.174. The Kier molecular flexibility index (Phi) is 8.22. The Labute approximate surface area is 223 Å². The Hall–Kier alpha value is -4.44. The standard InChI is InChI=1S/C27H24ClN3O7/c1-16(32)36-24(26(34)30-14-18-9-11-29-12-10-18)25(37-17(2)33)27(35)31-15-19-5-3-4-6-22(19)38-23-8-7-20(28)13-21(23)31/h3-13,24-25H,14-15H2,1-2H3,(H,30,34)/t24-,25-/m1/s1. The van der Waals surface area contributed by atoms with Gasteiger partial charge < -0.3 is 24.4 Å². The van der Waals surface area contributed by atoms with Crippen molar-refractivity contribution in [1.82, 2.24) is 10.3 Å². The van der Waals surface area contributed by atoms with Crippen molar-refractivity contribution in [3.63, 3.8) is 0 Å². The van der Waals surface area contributed by atoms with Crippen LogP contribution < -0.4 is 15.0 Å². The van der Waals surface area contributed by atoms with Crippen molar-refractivity contribution in [2.75, 3.05) is 4.90 Å². The molecule has 4 rings (SSSR count). The van der Waals surface area contributed by atoms with Crippen LogP contribution in [0.4, 0.5) is 5.69 Å². The topological polar surface area (TPSA) is 124 Å². The van der Waals surface area contributed by atoms with Gasteiger partial charge in [-0.15, -0.1) is 0 Å². The molecule has 0 bridgehead atoms. The van der Waals surface area contributed by atoms with E-state index >= 15 is 0 Å². The van der Waals surface area contributed by atoms with Crippen LogP contribution in [0.5, 0.6) is 11.5 Å². The van der Waals surface area contributed by atoms with Crippen molar-refractivity contribution in [3.8, 4) is 11.5 Å². The van der Waals surface area contributed by atoms with Gasteiger partial charge in [0.2, 0.25) is 12.2 Å². The second kappa shape index (κ2) is 11.7. The molecular weight excluding hydrogens is 514 g/mol. The quantitative estimate of drug-likeness (QED) is 0.454. The van der Waals surface area contributed by atoms with E-state index in [0.717, 1.165) is 19.4 Å². The van der Waals surface area contributed by atoms with Crippen molar-refractivity contribution in [3.05, 3.63) is 83.1 Å². The molecule has 1 aliphatic heterocycles. The molecule has 2 atom stereocenters. The number of nitrogens with zero attached hydrogens (tertiary/aromatic N) is 2. The molecule has 11 heteroatoms. The van der Waals surface area contributed by atoms with Crippen LogP contribution >= 0.6 is 11.6 Å². The zero-order valence-electron chi connectivity index (χ0n) is 20.5. The second-order valence-electron chi connectivity index (χ2n) is 8.38. The molecule has 1 N–H and O–H groups in total. The van der Waals surface area contributed by atoms with Crippen LogP contribution in [-0.4, -0.2) is 40.9 Å². The van der Waals surface area contributed by atoms with E-state index in [2.05, 4.69) is 10.3 Å². The number of hydrogen-bond acceptors (Lipinski definition) is 8. The van der Waals surface area contributed by atoms with Crippen LogP contribution in [0, 0.1) is 0 Å². The van der Waals surface area contributed by atoms with Crippen LogP contribution in [0.25, 0.3) is 0 Å². The first kappa shape index (κ1) is 26.6. The number of halogens is 1. The molecule has 1 aliphatic rings. The molecule has 0 saturated carbocycles. The highest BCUT2D eigenvalue weighted by Gasteiger charge is 2.43. The van der Waals surface area contributed by atoms with Gasteiger partial charge in [-0.25, -0.2) is 0 Å². The number of ether oxygens (including phenoxy) is 3. The number of nitrogens with one attached hydrogen (secondary N) is 1. The van der Waals surface area contributed by atoms with Gasteiger partial charge in [0.15, 0.2) is 5.75 Å². The van der Waals surface area contributed by atoms with Gasteiger partial charge in [-0.05, 0) is 42.0 Å². The second-order valence-corrected chi connectivity index (χ2v) is 8.82. The summed E-state index contributed by atoms with van der Waals surface area (Å²) >= 11 is 6.24. The summed E-state index contributed by atoms with van der Waals surface area (Å²) in [7, 11) is 0. The molecule has 38 heavy (non-hydrogen) atoms. The maximum absolute atomic E-state index is 14.0. The van der Waals surface area contributed by atoms with Gasteiger partial charge in [0.1, 0.15) is 5.75 Å². The number of fused-ring (bicyclic) bond motifs is 2. The van der Waals surface area contributed by atoms with Gasteiger partial charge >= 0.3 is 11.9 Å². The summed E-state index contributed by atoms with van der Waals surface area (Å²) in [6, 6.07) is 15.2. The highest BCUT2D eigenvalue weighted by molar-refractivity contribution is 6.31. The fraction of sp³-hybridized carbons (Fsp3) is 0.222. The average Bonchev–Trinajstić information content (AvgIpc) is 3.05. The van der Waals surface area contributed by atoms with E-state index in [-0.39, 0.29) is 18.8 Å². The Bertz CT molecular complexity index is 1370. The van der Waals surface area contributed by atoms with Crippen LogP contribution in [-0.2, 0) is 41.7 Å². The normalized spacial score (nSPS) is 13.5. The van der Waals surface area contributed by atoms with Crippen LogP contribution in [0.15, 0.2) is 67.0 Å². The molecule has 0 radical (unpaired) electrons. The van der Waals surface area contributed by atoms with E-state index in [4.69, 9.17) is 25.8 Å². The van der Waals surface area contributed by atoms with E-state index in [1.165, 1.54) is 11.0 Å². The average molecular weight is 538 g/mol. The molecule has 0 unspecified atom stereocenters. The van der Waals surface area contributed by atoms with Gasteiger partial charge in [0.25, 0.3) is 11.8 Å². The van der Waals surface area contributed by atoms with Gasteiger partial charge in [0, 0.05) is 43.4 Å². The smallest absolute Gasteiger partial charge is 0.303 e. The fourth-order valence-electron chi connectivity index (χ4n) is 3.89. The minimum Gasteiger partial charge on any atom is -0.455 e. The number of pyridine rings is 1. The first-order valence-corrected chi connectivity index (χ1v) is 12.0. The van der Waals surface area contributed by atoms with Gasteiger partial charge in [-0.3, -0.25) is 24.2 Å². The number of esters is 2. The zero-order valence-corrected chi connectivity index (χ0v) is 21.3. The number of carbonyl (C=O) groups excluding carboxylic acids is 4. The lowest BCUT2D eigenvalue weighted by Crippen LogP contribution is -2.54. The molecule has 2 aromatic carbocycles. The van der Waals surface area contributed by atoms with E-state index in [9.17, 15) is 19.2 Å².